The molecule has 1 aromatic heterocycles. The number of esters is 1. The maximum absolute atomic E-state index is 13.4. The van der Waals surface area contributed by atoms with Crippen molar-refractivity contribution >= 4 is 17.6 Å². The fourth-order valence-corrected chi connectivity index (χ4v) is 1.80. The van der Waals surface area contributed by atoms with Crippen LogP contribution in [0.3, 0.4) is 0 Å². The van der Waals surface area contributed by atoms with Crippen LogP contribution in [0, 0.1) is 12.7 Å². The average Bonchev–Trinajstić information content (AvgIpc) is 2.73. The summed E-state index contributed by atoms with van der Waals surface area (Å²) in [5, 5.41) is 3.62. The van der Waals surface area contributed by atoms with E-state index in [4.69, 9.17) is 16.1 Å². The number of carbonyl (C=O) groups is 1. The highest BCUT2D eigenvalue weighted by Crippen LogP contribution is 2.32. The Bertz CT molecular complexity index is 609. The van der Waals surface area contributed by atoms with Gasteiger partial charge in [-0.3, -0.25) is 0 Å². The summed E-state index contributed by atoms with van der Waals surface area (Å²) in [6.07, 6.45) is 0. The summed E-state index contributed by atoms with van der Waals surface area (Å²) in [6.45, 7) is 1.57. The van der Waals surface area contributed by atoms with Crippen molar-refractivity contribution in [2.75, 3.05) is 7.11 Å². The molecule has 0 unspecified atom stereocenters. The van der Waals surface area contributed by atoms with E-state index in [1.807, 2.05) is 0 Å². The van der Waals surface area contributed by atoms with Gasteiger partial charge in [-0.25, -0.2) is 9.18 Å². The molecule has 0 N–H and O–H groups in total. The Hall–Kier alpha value is -1.88. The van der Waals surface area contributed by atoms with Crippen LogP contribution >= 0.6 is 11.6 Å². The van der Waals surface area contributed by atoms with Crippen molar-refractivity contribution < 1.29 is 18.4 Å². The molecule has 0 fully saturated rings. The zero-order valence-electron chi connectivity index (χ0n) is 9.66. The van der Waals surface area contributed by atoms with Crippen molar-refractivity contribution in [3.05, 3.63) is 40.4 Å². The maximum Gasteiger partial charge on any atom is 0.343 e. The predicted molar refractivity (Wildman–Crippen MR) is 63.0 cm³/mol. The number of aromatic nitrogens is 1. The molecule has 1 aromatic carbocycles. The SMILES string of the molecule is COC(=O)c1c(-c2cccc(F)c2Cl)noc1C. The van der Waals surface area contributed by atoms with Crippen molar-refractivity contribution in [1.29, 1.82) is 0 Å². The molecule has 0 amide bonds. The highest BCUT2D eigenvalue weighted by atomic mass is 35.5. The van der Waals surface area contributed by atoms with Gasteiger partial charge in [-0.15, -0.1) is 0 Å². The summed E-state index contributed by atoms with van der Waals surface area (Å²) in [7, 11) is 1.24. The van der Waals surface area contributed by atoms with E-state index >= 15 is 0 Å². The Balaban J connectivity index is 2.65. The number of hydrogen-bond donors (Lipinski definition) is 0. The molecule has 94 valence electrons. The fourth-order valence-electron chi connectivity index (χ4n) is 1.59. The molecule has 0 aliphatic rings. The van der Waals surface area contributed by atoms with E-state index in [9.17, 15) is 9.18 Å². The number of halogens is 2. The minimum atomic E-state index is -0.607. The minimum Gasteiger partial charge on any atom is -0.465 e. The Labute approximate surface area is 107 Å². The molecule has 18 heavy (non-hydrogen) atoms. The van der Waals surface area contributed by atoms with Crippen molar-refractivity contribution in [3.8, 4) is 11.3 Å². The van der Waals surface area contributed by atoms with Crippen LogP contribution in [-0.4, -0.2) is 18.2 Å². The zero-order chi connectivity index (χ0) is 13.3. The summed E-state index contributed by atoms with van der Waals surface area (Å²) in [5.74, 6) is -0.910. The molecular formula is C12H9ClFNO3. The number of hydrogen-bond acceptors (Lipinski definition) is 4. The average molecular weight is 270 g/mol. The molecule has 6 heteroatoms. The van der Waals surface area contributed by atoms with E-state index in [0.717, 1.165) is 0 Å². The van der Waals surface area contributed by atoms with Gasteiger partial charge in [0.1, 0.15) is 22.8 Å². The first kappa shape index (κ1) is 12.6. The first-order valence-corrected chi connectivity index (χ1v) is 5.43. The number of carbonyl (C=O) groups excluding carboxylic acids is 1. The van der Waals surface area contributed by atoms with Crippen molar-refractivity contribution in [2.24, 2.45) is 0 Å². The number of benzene rings is 1. The first-order valence-electron chi connectivity index (χ1n) is 5.05. The van der Waals surface area contributed by atoms with E-state index in [1.54, 1.807) is 13.0 Å². The van der Waals surface area contributed by atoms with Crippen molar-refractivity contribution in [3.63, 3.8) is 0 Å². The number of ether oxygens (including phenoxy) is 1. The molecule has 2 aromatic rings. The van der Waals surface area contributed by atoms with Crippen LogP contribution in [0.1, 0.15) is 16.1 Å². The molecule has 0 spiro atoms. The van der Waals surface area contributed by atoms with Crippen LogP contribution in [0.15, 0.2) is 22.7 Å². The van der Waals surface area contributed by atoms with Gasteiger partial charge in [0.15, 0.2) is 0 Å². The molecule has 0 bridgehead atoms. The van der Waals surface area contributed by atoms with Crippen LogP contribution in [0.4, 0.5) is 4.39 Å². The quantitative estimate of drug-likeness (QED) is 0.786. The number of methoxy groups -OCH3 is 1. The molecule has 0 saturated carbocycles. The summed E-state index contributed by atoms with van der Waals surface area (Å²) >= 11 is 5.85. The normalized spacial score (nSPS) is 10.4. The van der Waals surface area contributed by atoms with E-state index in [1.165, 1.54) is 19.2 Å². The van der Waals surface area contributed by atoms with Crippen molar-refractivity contribution in [2.45, 2.75) is 6.92 Å². The van der Waals surface area contributed by atoms with Crippen LogP contribution in [0.25, 0.3) is 11.3 Å². The maximum atomic E-state index is 13.4. The van der Waals surface area contributed by atoms with Crippen LogP contribution in [0.2, 0.25) is 5.02 Å². The number of rotatable bonds is 2. The Morgan fingerprint density at radius 1 is 1.50 bits per heavy atom. The molecule has 0 atom stereocenters. The number of nitrogens with zero attached hydrogens (tertiary/aromatic N) is 1. The highest BCUT2D eigenvalue weighted by Gasteiger charge is 2.24. The lowest BCUT2D eigenvalue weighted by atomic mass is 10.1. The van der Waals surface area contributed by atoms with Gasteiger partial charge in [-0.05, 0) is 13.0 Å². The number of aryl methyl sites for hydroxylation is 1. The monoisotopic (exact) mass is 269 g/mol. The lowest BCUT2D eigenvalue weighted by Gasteiger charge is -2.03. The Morgan fingerprint density at radius 3 is 2.89 bits per heavy atom. The second kappa shape index (κ2) is 4.78. The molecule has 4 nitrogen and oxygen atoms in total. The van der Waals surface area contributed by atoms with Gasteiger partial charge in [-0.1, -0.05) is 28.9 Å². The summed E-state index contributed by atoms with van der Waals surface area (Å²) in [5.41, 5.74) is 0.600. The zero-order valence-corrected chi connectivity index (χ0v) is 10.4. The Morgan fingerprint density at radius 2 is 2.22 bits per heavy atom. The topological polar surface area (TPSA) is 52.3 Å². The van der Waals surface area contributed by atoms with Crippen LogP contribution in [0.5, 0.6) is 0 Å². The second-order valence-electron chi connectivity index (χ2n) is 3.56. The highest BCUT2D eigenvalue weighted by molar-refractivity contribution is 6.33. The van der Waals surface area contributed by atoms with E-state index in [2.05, 4.69) is 9.89 Å². The molecular weight excluding hydrogens is 261 g/mol. The van der Waals surface area contributed by atoms with Gasteiger partial charge < -0.3 is 9.26 Å². The van der Waals surface area contributed by atoms with Crippen LogP contribution < -0.4 is 0 Å². The van der Waals surface area contributed by atoms with Gasteiger partial charge in [0, 0.05) is 5.56 Å². The van der Waals surface area contributed by atoms with Gasteiger partial charge in [0.05, 0.1) is 12.1 Å². The molecule has 0 radical (unpaired) electrons. The lowest BCUT2D eigenvalue weighted by molar-refractivity contribution is 0.0599. The van der Waals surface area contributed by atoms with Gasteiger partial charge in [-0.2, -0.15) is 0 Å². The minimum absolute atomic E-state index is 0.115. The second-order valence-corrected chi connectivity index (χ2v) is 3.93. The third kappa shape index (κ3) is 1.97. The molecule has 2 rings (SSSR count). The standard InChI is InChI=1S/C12H9ClFNO3/c1-6-9(12(16)17-2)11(15-18-6)7-4-3-5-8(14)10(7)13/h3-5H,1-2H3. The van der Waals surface area contributed by atoms with Gasteiger partial charge in [0.25, 0.3) is 0 Å². The third-order valence-corrected chi connectivity index (χ3v) is 2.84. The summed E-state index contributed by atoms with van der Waals surface area (Å²) in [6, 6.07) is 4.24. The first-order chi connectivity index (χ1) is 8.56. The summed E-state index contributed by atoms with van der Waals surface area (Å²) in [4.78, 5) is 11.6. The largest absolute Gasteiger partial charge is 0.465 e. The summed E-state index contributed by atoms with van der Waals surface area (Å²) < 4.78 is 22.9. The molecule has 0 saturated heterocycles. The molecule has 0 aliphatic carbocycles. The Kier molecular flexibility index (Phi) is 3.34. The lowest BCUT2D eigenvalue weighted by Crippen LogP contribution is -2.03. The smallest absolute Gasteiger partial charge is 0.343 e. The molecule has 1 heterocycles. The van der Waals surface area contributed by atoms with Gasteiger partial charge in [0.2, 0.25) is 0 Å². The van der Waals surface area contributed by atoms with Gasteiger partial charge >= 0.3 is 5.97 Å². The van der Waals surface area contributed by atoms with E-state index < -0.39 is 11.8 Å². The fraction of sp³-hybridized carbons (Fsp3) is 0.167. The third-order valence-electron chi connectivity index (χ3n) is 2.46. The van der Waals surface area contributed by atoms with Crippen LogP contribution in [-0.2, 0) is 4.74 Å². The van der Waals surface area contributed by atoms with E-state index in [-0.39, 0.29) is 27.6 Å². The predicted octanol–water partition coefficient (Wildman–Crippen LogP) is 3.23. The van der Waals surface area contributed by atoms with E-state index in [0.29, 0.717) is 0 Å². The molecule has 0 aliphatic heterocycles. The van der Waals surface area contributed by atoms with Crippen molar-refractivity contribution in [1.82, 2.24) is 5.16 Å².